The summed E-state index contributed by atoms with van der Waals surface area (Å²) in [5.41, 5.74) is 1.11. The first-order valence-corrected chi connectivity index (χ1v) is 5.20. The number of aromatic nitrogens is 1. The van der Waals surface area contributed by atoms with Crippen molar-refractivity contribution in [1.29, 1.82) is 5.26 Å². The Bertz CT molecular complexity index is 607. The second kappa shape index (κ2) is 5.15. The van der Waals surface area contributed by atoms with Crippen LogP contribution in [0.15, 0.2) is 36.4 Å². The second-order valence-electron chi connectivity index (χ2n) is 3.50. The fraction of sp³-hybridized carbons (Fsp3) is 0.0769. The molecule has 0 radical (unpaired) electrons. The number of halogens is 1. The van der Waals surface area contributed by atoms with Crippen molar-refractivity contribution in [3.63, 3.8) is 0 Å². The molecular formula is C13H10FN3O. The largest absolute Gasteiger partial charge is 0.495 e. The van der Waals surface area contributed by atoms with Gasteiger partial charge in [0.1, 0.15) is 11.6 Å². The van der Waals surface area contributed by atoms with Gasteiger partial charge in [-0.2, -0.15) is 9.65 Å². The van der Waals surface area contributed by atoms with E-state index in [-0.39, 0.29) is 0 Å². The smallest absolute Gasteiger partial charge is 0.214 e. The first-order chi connectivity index (χ1) is 8.72. The number of hydrogen-bond donors (Lipinski definition) is 1. The van der Waals surface area contributed by atoms with Crippen molar-refractivity contribution >= 4 is 11.5 Å². The van der Waals surface area contributed by atoms with Gasteiger partial charge >= 0.3 is 0 Å². The van der Waals surface area contributed by atoms with Gasteiger partial charge in [0, 0.05) is 6.07 Å². The van der Waals surface area contributed by atoms with Gasteiger partial charge in [-0.05, 0) is 24.3 Å². The summed E-state index contributed by atoms with van der Waals surface area (Å²) in [4.78, 5) is 3.69. The van der Waals surface area contributed by atoms with Crippen molar-refractivity contribution in [2.75, 3.05) is 12.4 Å². The molecule has 4 nitrogen and oxygen atoms in total. The van der Waals surface area contributed by atoms with E-state index in [9.17, 15) is 4.39 Å². The molecule has 18 heavy (non-hydrogen) atoms. The molecule has 1 aromatic heterocycles. The minimum absolute atomic E-state index is 0.373. The summed E-state index contributed by atoms with van der Waals surface area (Å²) in [6.45, 7) is 0. The highest BCUT2D eigenvalue weighted by Crippen LogP contribution is 2.27. The lowest BCUT2D eigenvalue weighted by atomic mass is 10.2. The standard InChI is InChI=1S/C13H10FN3O/c1-18-11-7-9(8-15)5-6-10(11)16-13-4-2-3-12(14)17-13/h2-7H,1H3,(H,16,17). The minimum atomic E-state index is -0.562. The van der Waals surface area contributed by atoms with Crippen LogP contribution in [0.25, 0.3) is 0 Å². The molecule has 0 spiro atoms. The Labute approximate surface area is 104 Å². The lowest BCUT2D eigenvalue weighted by Gasteiger charge is -2.10. The van der Waals surface area contributed by atoms with E-state index in [0.717, 1.165) is 0 Å². The third-order valence-electron chi connectivity index (χ3n) is 2.31. The van der Waals surface area contributed by atoms with Crippen molar-refractivity contribution < 1.29 is 9.13 Å². The molecule has 0 saturated heterocycles. The number of benzene rings is 1. The van der Waals surface area contributed by atoms with Gasteiger partial charge in [0.15, 0.2) is 0 Å². The Morgan fingerprint density at radius 2 is 2.17 bits per heavy atom. The van der Waals surface area contributed by atoms with Gasteiger partial charge in [0.25, 0.3) is 0 Å². The number of ether oxygens (including phenoxy) is 1. The molecule has 0 aliphatic heterocycles. The molecule has 1 aromatic carbocycles. The Morgan fingerprint density at radius 1 is 1.33 bits per heavy atom. The SMILES string of the molecule is COc1cc(C#N)ccc1Nc1cccc(F)n1. The molecule has 0 fully saturated rings. The molecule has 2 rings (SSSR count). The zero-order chi connectivity index (χ0) is 13.0. The third-order valence-corrected chi connectivity index (χ3v) is 2.31. The van der Waals surface area contributed by atoms with Crippen molar-refractivity contribution in [3.8, 4) is 11.8 Å². The maximum absolute atomic E-state index is 12.9. The highest BCUT2D eigenvalue weighted by Gasteiger charge is 2.05. The summed E-state index contributed by atoms with van der Waals surface area (Å²) in [6, 6.07) is 11.4. The molecule has 1 heterocycles. The Hall–Kier alpha value is -2.61. The van der Waals surface area contributed by atoms with Crippen LogP contribution < -0.4 is 10.1 Å². The molecule has 0 unspecified atom stereocenters. The Morgan fingerprint density at radius 3 is 2.83 bits per heavy atom. The summed E-state index contributed by atoms with van der Waals surface area (Å²) in [5.74, 6) is 0.311. The zero-order valence-electron chi connectivity index (χ0n) is 9.64. The minimum Gasteiger partial charge on any atom is -0.495 e. The number of hydrogen-bond acceptors (Lipinski definition) is 4. The molecule has 5 heteroatoms. The third kappa shape index (κ3) is 2.55. The van der Waals surface area contributed by atoms with Crippen LogP contribution in [0.4, 0.5) is 15.9 Å². The Balaban J connectivity index is 2.32. The fourth-order valence-electron chi connectivity index (χ4n) is 1.48. The number of rotatable bonds is 3. The number of anilines is 2. The van der Waals surface area contributed by atoms with Crippen molar-refractivity contribution in [1.82, 2.24) is 4.98 Å². The van der Waals surface area contributed by atoms with E-state index in [2.05, 4.69) is 10.3 Å². The molecule has 0 aliphatic carbocycles. The number of methoxy groups -OCH3 is 1. The van der Waals surface area contributed by atoms with Crippen LogP contribution in [-0.4, -0.2) is 12.1 Å². The fourth-order valence-corrected chi connectivity index (χ4v) is 1.48. The molecule has 90 valence electrons. The van der Waals surface area contributed by atoms with Gasteiger partial charge in [-0.25, -0.2) is 4.98 Å². The van der Waals surface area contributed by atoms with Gasteiger partial charge in [-0.3, -0.25) is 0 Å². The van der Waals surface area contributed by atoms with E-state index < -0.39 is 5.95 Å². The van der Waals surface area contributed by atoms with Crippen LogP contribution in [0, 0.1) is 17.3 Å². The first-order valence-electron chi connectivity index (χ1n) is 5.20. The lowest BCUT2D eigenvalue weighted by molar-refractivity contribution is 0.416. The molecule has 0 atom stereocenters. The van der Waals surface area contributed by atoms with Crippen LogP contribution in [0.1, 0.15) is 5.56 Å². The van der Waals surface area contributed by atoms with E-state index in [1.165, 1.54) is 13.2 Å². The predicted molar refractivity (Wildman–Crippen MR) is 65.2 cm³/mol. The van der Waals surface area contributed by atoms with E-state index >= 15 is 0 Å². The summed E-state index contributed by atoms with van der Waals surface area (Å²) in [6.07, 6.45) is 0. The molecule has 0 aliphatic rings. The molecule has 0 amide bonds. The van der Waals surface area contributed by atoms with Crippen LogP contribution in [0.3, 0.4) is 0 Å². The summed E-state index contributed by atoms with van der Waals surface area (Å²) in [7, 11) is 1.50. The number of nitrogens with zero attached hydrogens (tertiary/aromatic N) is 2. The predicted octanol–water partition coefficient (Wildman–Crippen LogP) is 2.84. The average molecular weight is 243 g/mol. The normalized spacial score (nSPS) is 9.61. The molecule has 0 saturated carbocycles. The number of nitriles is 1. The lowest BCUT2D eigenvalue weighted by Crippen LogP contribution is -1.98. The highest BCUT2D eigenvalue weighted by atomic mass is 19.1. The van der Waals surface area contributed by atoms with Crippen molar-refractivity contribution in [2.45, 2.75) is 0 Å². The Kier molecular flexibility index (Phi) is 3.39. The quantitative estimate of drug-likeness (QED) is 0.842. The monoisotopic (exact) mass is 243 g/mol. The van der Waals surface area contributed by atoms with Crippen LogP contribution in [0.2, 0.25) is 0 Å². The van der Waals surface area contributed by atoms with E-state index in [4.69, 9.17) is 10.00 Å². The van der Waals surface area contributed by atoms with Crippen LogP contribution in [-0.2, 0) is 0 Å². The average Bonchev–Trinajstić information content (AvgIpc) is 2.39. The van der Waals surface area contributed by atoms with Gasteiger partial charge in [-0.15, -0.1) is 0 Å². The summed E-state index contributed by atoms with van der Waals surface area (Å²) in [5, 5.41) is 11.7. The maximum atomic E-state index is 12.9. The van der Waals surface area contributed by atoms with Crippen molar-refractivity contribution in [2.24, 2.45) is 0 Å². The van der Waals surface area contributed by atoms with Gasteiger partial charge in [-0.1, -0.05) is 6.07 Å². The first kappa shape index (κ1) is 11.9. The van der Waals surface area contributed by atoms with Crippen LogP contribution in [0.5, 0.6) is 5.75 Å². The van der Waals surface area contributed by atoms with Gasteiger partial charge < -0.3 is 10.1 Å². The van der Waals surface area contributed by atoms with E-state index in [1.54, 1.807) is 30.3 Å². The van der Waals surface area contributed by atoms with Crippen molar-refractivity contribution in [3.05, 3.63) is 47.9 Å². The molecule has 1 N–H and O–H groups in total. The summed E-state index contributed by atoms with van der Waals surface area (Å²) < 4.78 is 18.1. The molecular weight excluding hydrogens is 233 g/mol. The number of nitrogens with one attached hydrogen (secondary N) is 1. The van der Waals surface area contributed by atoms with Gasteiger partial charge in [0.2, 0.25) is 5.95 Å². The second-order valence-corrected chi connectivity index (χ2v) is 3.50. The van der Waals surface area contributed by atoms with E-state index in [1.807, 2.05) is 6.07 Å². The van der Waals surface area contributed by atoms with Gasteiger partial charge in [0.05, 0.1) is 24.4 Å². The van der Waals surface area contributed by atoms with Crippen LogP contribution >= 0.6 is 0 Å². The highest BCUT2D eigenvalue weighted by molar-refractivity contribution is 5.65. The molecule has 2 aromatic rings. The number of pyridine rings is 1. The maximum Gasteiger partial charge on any atom is 0.214 e. The topological polar surface area (TPSA) is 57.9 Å². The van der Waals surface area contributed by atoms with E-state index in [0.29, 0.717) is 22.8 Å². The summed E-state index contributed by atoms with van der Waals surface area (Å²) >= 11 is 0. The molecule has 0 bridgehead atoms. The zero-order valence-corrected chi connectivity index (χ0v) is 9.64.